The van der Waals surface area contributed by atoms with Gasteiger partial charge in [0.05, 0.1) is 6.54 Å². The summed E-state index contributed by atoms with van der Waals surface area (Å²) in [7, 11) is 0. The third-order valence-corrected chi connectivity index (χ3v) is 4.61. The minimum Gasteiger partial charge on any atom is -0.361 e. The molecule has 0 bridgehead atoms. The molecule has 0 aliphatic carbocycles. The quantitative estimate of drug-likeness (QED) is 0.888. The van der Waals surface area contributed by atoms with Gasteiger partial charge in [0.2, 0.25) is 0 Å². The van der Waals surface area contributed by atoms with E-state index in [0.29, 0.717) is 11.2 Å². The normalized spacial score (nSPS) is 19.5. The second-order valence-electron chi connectivity index (χ2n) is 4.83. The molecule has 2 nitrogen and oxygen atoms in total. The predicted molar refractivity (Wildman–Crippen MR) is 76.5 cm³/mol. The summed E-state index contributed by atoms with van der Waals surface area (Å²) in [6.07, 6.45) is 0. The highest BCUT2D eigenvalue weighted by Crippen LogP contribution is 2.26. The van der Waals surface area contributed by atoms with Crippen molar-refractivity contribution in [2.24, 2.45) is 10.9 Å². The van der Waals surface area contributed by atoms with Gasteiger partial charge >= 0.3 is 0 Å². The maximum Gasteiger partial charge on any atom is 0.157 e. The molecule has 0 radical (unpaired) electrons. The van der Waals surface area contributed by atoms with Gasteiger partial charge in [0, 0.05) is 11.8 Å². The lowest BCUT2D eigenvalue weighted by molar-refractivity contribution is 0.621. The number of hydrogen-bond acceptors (Lipinski definition) is 3. The molecule has 1 aliphatic heterocycles. The van der Waals surface area contributed by atoms with Crippen LogP contribution in [0.2, 0.25) is 0 Å². The van der Waals surface area contributed by atoms with Gasteiger partial charge in [-0.3, -0.25) is 4.99 Å². The van der Waals surface area contributed by atoms with Crippen molar-refractivity contribution in [2.75, 3.05) is 6.54 Å². The van der Waals surface area contributed by atoms with E-state index in [1.165, 1.54) is 11.1 Å². The molecule has 1 aromatic rings. The van der Waals surface area contributed by atoms with E-state index < -0.39 is 0 Å². The molecule has 0 fully saturated rings. The Balaban J connectivity index is 1.86. The van der Waals surface area contributed by atoms with Crippen molar-refractivity contribution in [3.8, 4) is 0 Å². The van der Waals surface area contributed by atoms with E-state index in [-0.39, 0.29) is 0 Å². The Hall–Kier alpha value is -0.960. The summed E-state index contributed by atoms with van der Waals surface area (Å²) < 4.78 is 0. The van der Waals surface area contributed by atoms with Crippen LogP contribution in [0.15, 0.2) is 29.3 Å². The molecular formula is C14H20N2S. The molecule has 1 aliphatic rings. The first-order valence-electron chi connectivity index (χ1n) is 6.16. The second kappa shape index (κ2) is 5.58. The highest BCUT2D eigenvalue weighted by molar-refractivity contribution is 8.14. The van der Waals surface area contributed by atoms with Gasteiger partial charge in [-0.2, -0.15) is 0 Å². The zero-order valence-electron chi connectivity index (χ0n) is 10.7. The molecule has 1 heterocycles. The van der Waals surface area contributed by atoms with Crippen molar-refractivity contribution < 1.29 is 0 Å². The molecule has 1 N–H and O–H groups in total. The van der Waals surface area contributed by atoms with Gasteiger partial charge in [0.25, 0.3) is 0 Å². The Bertz CT molecular complexity index is 412. The van der Waals surface area contributed by atoms with Gasteiger partial charge in [-0.25, -0.2) is 0 Å². The van der Waals surface area contributed by atoms with E-state index >= 15 is 0 Å². The minimum atomic E-state index is 0.648. The fourth-order valence-electron chi connectivity index (χ4n) is 1.81. The Labute approximate surface area is 108 Å². The van der Waals surface area contributed by atoms with E-state index in [4.69, 9.17) is 0 Å². The summed E-state index contributed by atoms with van der Waals surface area (Å²) in [6.45, 7) is 8.51. The molecule has 0 aromatic heterocycles. The average molecular weight is 248 g/mol. The van der Waals surface area contributed by atoms with Crippen LogP contribution >= 0.6 is 11.8 Å². The lowest BCUT2D eigenvalue weighted by Crippen LogP contribution is -2.20. The fraction of sp³-hybridized carbons (Fsp3) is 0.500. The molecule has 0 saturated heterocycles. The first kappa shape index (κ1) is 12.5. The average Bonchev–Trinajstić information content (AvgIpc) is 2.77. The predicted octanol–water partition coefficient (Wildman–Crippen LogP) is 3.21. The molecule has 17 heavy (non-hydrogen) atoms. The van der Waals surface area contributed by atoms with E-state index in [0.717, 1.165) is 18.3 Å². The highest BCUT2D eigenvalue weighted by Gasteiger charge is 2.22. The zero-order chi connectivity index (χ0) is 12.3. The number of nitrogens with one attached hydrogen (secondary N) is 1. The molecule has 92 valence electrons. The largest absolute Gasteiger partial charge is 0.361 e. The molecule has 1 unspecified atom stereocenters. The number of aliphatic imine (C=N–C) groups is 1. The highest BCUT2D eigenvalue weighted by atomic mass is 32.2. The third kappa shape index (κ3) is 3.25. The number of hydrogen-bond donors (Lipinski definition) is 1. The fourth-order valence-corrected chi connectivity index (χ4v) is 2.83. The van der Waals surface area contributed by atoms with Crippen molar-refractivity contribution in [1.29, 1.82) is 0 Å². The zero-order valence-corrected chi connectivity index (χ0v) is 11.6. The van der Waals surface area contributed by atoms with Crippen LogP contribution in [0.4, 0.5) is 0 Å². The molecule has 1 aromatic carbocycles. The number of nitrogens with zero attached hydrogens (tertiary/aromatic N) is 1. The maximum absolute atomic E-state index is 4.55. The monoisotopic (exact) mass is 248 g/mol. The topological polar surface area (TPSA) is 24.4 Å². The van der Waals surface area contributed by atoms with Gasteiger partial charge in [-0.05, 0) is 24.0 Å². The maximum atomic E-state index is 4.55. The summed E-state index contributed by atoms with van der Waals surface area (Å²) in [6, 6.07) is 8.49. The summed E-state index contributed by atoms with van der Waals surface area (Å²) in [5.41, 5.74) is 2.69. The Morgan fingerprint density at radius 3 is 2.82 bits per heavy atom. The molecule has 1 atom stereocenters. The number of amidine groups is 1. The smallest absolute Gasteiger partial charge is 0.157 e. The number of aryl methyl sites for hydroxylation is 1. The van der Waals surface area contributed by atoms with Crippen LogP contribution in [-0.2, 0) is 6.54 Å². The summed E-state index contributed by atoms with van der Waals surface area (Å²) in [5.74, 6) is 0.696. The number of rotatable bonds is 3. The van der Waals surface area contributed by atoms with Gasteiger partial charge in [-0.15, -0.1) is 0 Å². The van der Waals surface area contributed by atoms with Gasteiger partial charge < -0.3 is 5.32 Å². The molecule has 2 rings (SSSR count). The summed E-state index contributed by atoms with van der Waals surface area (Å²) >= 11 is 1.88. The van der Waals surface area contributed by atoms with E-state index in [1.807, 2.05) is 11.8 Å². The first-order chi connectivity index (χ1) is 8.16. The van der Waals surface area contributed by atoms with Gasteiger partial charge in [0.15, 0.2) is 5.17 Å². The van der Waals surface area contributed by atoms with Crippen molar-refractivity contribution in [3.05, 3.63) is 35.4 Å². The Morgan fingerprint density at radius 1 is 1.41 bits per heavy atom. The van der Waals surface area contributed by atoms with Gasteiger partial charge in [-0.1, -0.05) is 49.9 Å². The van der Waals surface area contributed by atoms with Crippen LogP contribution < -0.4 is 5.32 Å². The SMILES string of the molecule is Cc1ccccc1CNC1=NCC(C(C)C)S1. The van der Waals surface area contributed by atoms with Crippen LogP contribution in [0.5, 0.6) is 0 Å². The summed E-state index contributed by atoms with van der Waals surface area (Å²) in [5, 5.41) is 5.19. The van der Waals surface area contributed by atoms with Crippen molar-refractivity contribution in [2.45, 2.75) is 32.6 Å². The van der Waals surface area contributed by atoms with Crippen LogP contribution in [0.1, 0.15) is 25.0 Å². The van der Waals surface area contributed by atoms with Crippen LogP contribution in [-0.4, -0.2) is 17.0 Å². The van der Waals surface area contributed by atoms with Crippen LogP contribution in [0, 0.1) is 12.8 Å². The van der Waals surface area contributed by atoms with Crippen molar-refractivity contribution in [1.82, 2.24) is 5.32 Å². The number of benzene rings is 1. The first-order valence-corrected chi connectivity index (χ1v) is 7.04. The van der Waals surface area contributed by atoms with Crippen LogP contribution in [0.25, 0.3) is 0 Å². The molecule has 0 spiro atoms. The van der Waals surface area contributed by atoms with E-state index in [1.54, 1.807) is 0 Å². The molecule has 0 amide bonds. The minimum absolute atomic E-state index is 0.648. The second-order valence-corrected chi connectivity index (χ2v) is 6.05. The van der Waals surface area contributed by atoms with Gasteiger partial charge in [0.1, 0.15) is 0 Å². The standard InChI is InChI=1S/C14H20N2S/c1-10(2)13-9-16-14(17-13)15-8-12-7-5-4-6-11(12)3/h4-7,10,13H,8-9H2,1-3H3,(H,15,16). The lowest BCUT2D eigenvalue weighted by Gasteiger charge is -2.12. The Morgan fingerprint density at radius 2 is 2.18 bits per heavy atom. The number of thioether (sulfide) groups is 1. The molecule has 3 heteroatoms. The van der Waals surface area contributed by atoms with Crippen molar-refractivity contribution in [3.63, 3.8) is 0 Å². The molecular weight excluding hydrogens is 228 g/mol. The summed E-state index contributed by atoms with van der Waals surface area (Å²) in [4.78, 5) is 4.55. The van der Waals surface area contributed by atoms with E-state index in [9.17, 15) is 0 Å². The Kier molecular flexibility index (Phi) is 4.11. The molecule has 0 saturated carbocycles. The van der Waals surface area contributed by atoms with Crippen LogP contribution in [0.3, 0.4) is 0 Å². The lowest BCUT2D eigenvalue weighted by atomic mass is 10.1. The van der Waals surface area contributed by atoms with Crippen molar-refractivity contribution >= 4 is 16.9 Å². The van der Waals surface area contributed by atoms with E-state index in [2.05, 4.69) is 55.3 Å². The third-order valence-electron chi connectivity index (χ3n) is 3.11.